The van der Waals surface area contributed by atoms with Gasteiger partial charge in [-0.3, -0.25) is 0 Å². The van der Waals surface area contributed by atoms with Crippen molar-refractivity contribution in [2.75, 3.05) is 14.2 Å². The van der Waals surface area contributed by atoms with E-state index in [-0.39, 0.29) is 23.3 Å². The summed E-state index contributed by atoms with van der Waals surface area (Å²) in [6.07, 6.45) is 0. The van der Waals surface area contributed by atoms with E-state index in [9.17, 15) is 0 Å². The van der Waals surface area contributed by atoms with Crippen molar-refractivity contribution in [3.8, 4) is 11.5 Å². The third kappa shape index (κ3) is 4.72. The Morgan fingerprint density at radius 1 is 0.727 bits per heavy atom. The molecule has 6 heteroatoms. The van der Waals surface area contributed by atoms with Gasteiger partial charge in [-0.1, -0.05) is 59.1 Å². The molecular weight excluding hydrogens is 358 g/mol. The monoisotopic (exact) mass is 374 g/mol. The summed E-state index contributed by atoms with van der Waals surface area (Å²) >= 11 is 18.6. The van der Waals surface area contributed by atoms with Crippen molar-refractivity contribution in [2.24, 2.45) is 0 Å². The van der Waals surface area contributed by atoms with Gasteiger partial charge in [-0.25, -0.2) is 0 Å². The van der Waals surface area contributed by atoms with Gasteiger partial charge in [0.15, 0.2) is 17.4 Å². The molecule has 0 aromatic heterocycles. The average Bonchev–Trinajstić information content (AvgIpc) is 2.47. The lowest BCUT2D eigenvalue weighted by Gasteiger charge is -2.25. The molecule has 118 valence electrons. The molecule has 0 spiro atoms. The van der Waals surface area contributed by atoms with Crippen LogP contribution in [0.1, 0.15) is 17.0 Å². The predicted molar refractivity (Wildman–Crippen MR) is 98.1 cm³/mol. The Hall–Kier alpha value is -0.558. The van der Waals surface area contributed by atoms with E-state index in [2.05, 4.69) is 0 Å². The lowest BCUT2D eigenvalue weighted by molar-refractivity contribution is 0.414. The molecule has 22 heavy (non-hydrogen) atoms. The third-order valence-electron chi connectivity index (χ3n) is 3.23. The lowest BCUT2D eigenvalue weighted by atomic mass is 9.92. The second-order valence-corrected chi connectivity index (χ2v) is 6.89. The molecule has 0 amide bonds. The normalized spacial score (nSPS) is 11.0. The molecule has 0 radical (unpaired) electrons. The average molecular weight is 376 g/mol. The summed E-state index contributed by atoms with van der Waals surface area (Å²) in [5.74, 6) is 1.15. The predicted octanol–water partition coefficient (Wildman–Crippen LogP) is 4.02. The Morgan fingerprint density at radius 2 is 1.05 bits per heavy atom. The maximum Gasteiger partial charge on any atom is 0.201 e. The van der Waals surface area contributed by atoms with Gasteiger partial charge in [-0.2, -0.15) is 0 Å². The first-order chi connectivity index (χ1) is 9.95. The minimum absolute atomic E-state index is 0. The van der Waals surface area contributed by atoms with Gasteiger partial charge in [0.2, 0.25) is 3.79 Å². The summed E-state index contributed by atoms with van der Waals surface area (Å²) in [6, 6.07) is 15.0. The molecule has 0 saturated heterocycles. The molecule has 2 rings (SSSR count). The zero-order valence-electron chi connectivity index (χ0n) is 11.6. The standard InChI is InChI=1S/C16H15Cl3O2.Al.3H/c1-20-13-7-3-11(4-8-13)15(16(17,18)19)12-5-9-14(21-2)10-6-12;;;;/h3-10,15H,1-2H3;;;;. The SMILES string of the molecule is COc1ccc(C(c2ccc(OC)cc2)C(Cl)(Cl)Cl)cc1.[AlH3]. The molecule has 0 aliphatic carbocycles. The molecule has 0 fully saturated rings. The van der Waals surface area contributed by atoms with Crippen molar-refractivity contribution in [1.29, 1.82) is 0 Å². The molecule has 0 heterocycles. The molecule has 0 aliphatic heterocycles. The number of ether oxygens (including phenoxy) is 2. The van der Waals surface area contributed by atoms with E-state index >= 15 is 0 Å². The Bertz CT molecular complexity index is 532. The van der Waals surface area contributed by atoms with Crippen molar-refractivity contribution in [2.45, 2.75) is 9.71 Å². The Morgan fingerprint density at radius 3 is 1.27 bits per heavy atom. The first-order valence-electron chi connectivity index (χ1n) is 6.30. The van der Waals surface area contributed by atoms with E-state index in [4.69, 9.17) is 44.3 Å². The Balaban J connectivity index is 0.00000242. The number of hydrogen-bond acceptors (Lipinski definition) is 2. The number of hydrogen-bond donors (Lipinski definition) is 0. The van der Waals surface area contributed by atoms with Gasteiger partial charge in [0, 0.05) is 0 Å². The van der Waals surface area contributed by atoms with Crippen molar-refractivity contribution in [1.82, 2.24) is 0 Å². The van der Waals surface area contributed by atoms with Gasteiger partial charge in [-0.15, -0.1) is 0 Å². The molecule has 0 aliphatic rings. The van der Waals surface area contributed by atoms with E-state index in [0.29, 0.717) is 0 Å². The van der Waals surface area contributed by atoms with Crippen LogP contribution in [0.15, 0.2) is 48.5 Å². The van der Waals surface area contributed by atoms with Crippen LogP contribution in [0.5, 0.6) is 11.5 Å². The van der Waals surface area contributed by atoms with Gasteiger partial charge in [0.1, 0.15) is 11.5 Å². The third-order valence-corrected chi connectivity index (χ3v) is 3.88. The molecule has 2 aromatic carbocycles. The molecule has 2 nitrogen and oxygen atoms in total. The van der Waals surface area contributed by atoms with Crippen LogP contribution in [0.3, 0.4) is 0 Å². The van der Waals surface area contributed by atoms with Crippen LogP contribution in [0, 0.1) is 0 Å². The van der Waals surface area contributed by atoms with E-state index in [1.807, 2.05) is 48.5 Å². The maximum atomic E-state index is 6.18. The van der Waals surface area contributed by atoms with Crippen LogP contribution in [0.25, 0.3) is 0 Å². The van der Waals surface area contributed by atoms with Crippen molar-refractivity contribution in [3.63, 3.8) is 0 Å². The summed E-state index contributed by atoms with van der Waals surface area (Å²) in [7, 11) is 3.23. The molecular formula is C16H18AlCl3O2. The summed E-state index contributed by atoms with van der Waals surface area (Å²) in [5.41, 5.74) is 1.81. The Kier molecular flexibility index (Phi) is 7.39. The van der Waals surface area contributed by atoms with Gasteiger partial charge in [0.25, 0.3) is 0 Å². The van der Waals surface area contributed by atoms with Gasteiger partial charge >= 0.3 is 0 Å². The van der Waals surface area contributed by atoms with Gasteiger partial charge in [-0.05, 0) is 35.4 Å². The quantitative estimate of drug-likeness (QED) is 0.593. The number of alkyl halides is 3. The van der Waals surface area contributed by atoms with Gasteiger partial charge < -0.3 is 9.47 Å². The molecule has 2 aromatic rings. The first kappa shape index (κ1) is 19.5. The zero-order chi connectivity index (χ0) is 15.5. The molecule has 0 bridgehead atoms. The summed E-state index contributed by atoms with van der Waals surface area (Å²) in [5, 5.41) is 0. The first-order valence-corrected chi connectivity index (χ1v) is 7.43. The fraction of sp³-hybridized carbons (Fsp3) is 0.250. The Labute approximate surface area is 156 Å². The second kappa shape index (κ2) is 8.34. The summed E-state index contributed by atoms with van der Waals surface area (Å²) in [4.78, 5) is 0. The van der Waals surface area contributed by atoms with Crippen molar-refractivity contribution in [3.05, 3.63) is 59.7 Å². The van der Waals surface area contributed by atoms with E-state index in [0.717, 1.165) is 22.6 Å². The smallest absolute Gasteiger partial charge is 0.201 e. The highest BCUT2D eigenvalue weighted by Gasteiger charge is 2.35. The number of benzene rings is 2. The lowest BCUT2D eigenvalue weighted by Crippen LogP contribution is -2.18. The molecule has 0 unspecified atom stereocenters. The van der Waals surface area contributed by atoms with Gasteiger partial charge in [0.05, 0.1) is 20.1 Å². The highest BCUT2D eigenvalue weighted by atomic mass is 35.6. The maximum absolute atomic E-state index is 6.18. The second-order valence-electron chi connectivity index (χ2n) is 4.52. The van der Waals surface area contributed by atoms with E-state index in [1.54, 1.807) is 14.2 Å². The highest BCUT2D eigenvalue weighted by molar-refractivity contribution is 6.68. The fourth-order valence-corrected chi connectivity index (χ4v) is 2.92. The number of rotatable bonds is 4. The minimum Gasteiger partial charge on any atom is -0.497 e. The minimum atomic E-state index is -1.46. The van der Waals surface area contributed by atoms with E-state index in [1.165, 1.54) is 0 Å². The number of methoxy groups -OCH3 is 2. The number of halogens is 3. The highest BCUT2D eigenvalue weighted by Crippen LogP contribution is 2.46. The van der Waals surface area contributed by atoms with Crippen molar-refractivity contribution < 1.29 is 9.47 Å². The summed E-state index contributed by atoms with van der Waals surface area (Å²) < 4.78 is 8.85. The van der Waals surface area contributed by atoms with Crippen LogP contribution in [0.2, 0.25) is 0 Å². The van der Waals surface area contributed by atoms with Crippen molar-refractivity contribution >= 4 is 52.2 Å². The van der Waals surface area contributed by atoms with Crippen LogP contribution < -0.4 is 9.47 Å². The topological polar surface area (TPSA) is 18.5 Å². The van der Waals surface area contributed by atoms with E-state index < -0.39 is 3.79 Å². The summed E-state index contributed by atoms with van der Waals surface area (Å²) in [6.45, 7) is 0. The molecule has 0 atom stereocenters. The molecule has 0 saturated carbocycles. The largest absolute Gasteiger partial charge is 0.497 e. The fourth-order valence-electron chi connectivity index (χ4n) is 2.16. The van der Waals surface area contributed by atoms with Crippen LogP contribution in [-0.4, -0.2) is 35.4 Å². The zero-order valence-corrected chi connectivity index (χ0v) is 13.9. The van der Waals surface area contributed by atoms with Crippen LogP contribution in [-0.2, 0) is 0 Å². The van der Waals surface area contributed by atoms with Crippen LogP contribution in [0.4, 0.5) is 0 Å². The van der Waals surface area contributed by atoms with Crippen LogP contribution >= 0.6 is 34.8 Å². The molecule has 0 N–H and O–H groups in total.